The van der Waals surface area contributed by atoms with E-state index in [1.54, 1.807) is 16.9 Å². The van der Waals surface area contributed by atoms with E-state index in [0.29, 0.717) is 17.8 Å². The van der Waals surface area contributed by atoms with Gasteiger partial charge in [-0.05, 0) is 31.4 Å². The Morgan fingerprint density at radius 1 is 0.935 bits per heavy atom. The molecule has 0 bridgehead atoms. The second-order valence-corrected chi connectivity index (χ2v) is 7.71. The second kappa shape index (κ2) is 8.55. The SMILES string of the molecule is O=C(NCc1cccnc1N1CCCCC1)c1cnn2c(-c3ccccc3)ccnc12. The van der Waals surface area contributed by atoms with Gasteiger partial charge in [0.25, 0.3) is 5.91 Å². The molecule has 3 aromatic heterocycles. The van der Waals surface area contributed by atoms with Crippen LogP contribution >= 0.6 is 0 Å². The Morgan fingerprint density at radius 3 is 2.61 bits per heavy atom. The monoisotopic (exact) mass is 412 g/mol. The van der Waals surface area contributed by atoms with Gasteiger partial charge in [-0.1, -0.05) is 36.4 Å². The van der Waals surface area contributed by atoms with Gasteiger partial charge in [-0.2, -0.15) is 5.10 Å². The Morgan fingerprint density at radius 2 is 1.77 bits per heavy atom. The van der Waals surface area contributed by atoms with E-state index in [1.165, 1.54) is 19.3 Å². The first-order chi connectivity index (χ1) is 15.3. The molecule has 1 fully saturated rings. The molecule has 0 radical (unpaired) electrons. The van der Waals surface area contributed by atoms with Crippen molar-refractivity contribution in [2.24, 2.45) is 0 Å². The summed E-state index contributed by atoms with van der Waals surface area (Å²) in [6.07, 6.45) is 8.74. The third-order valence-electron chi connectivity index (χ3n) is 5.68. The molecular formula is C24H24N6O. The summed E-state index contributed by atoms with van der Waals surface area (Å²) in [6, 6.07) is 15.8. The highest BCUT2D eigenvalue weighted by molar-refractivity contribution is 5.99. The number of fused-ring (bicyclic) bond motifs is 1. The molecule has 156 valence electrons. The summed E-state index contributed by atoms with van der Waals surface area (Å²) in [5.41, 5.74) is 3.94. The third-order valence-corrected chi connectivity index (χ3v) is 5.68. The first kappa shape index (κ1) is 19.2. The molecule has 5 rings (SSSR count). The molecule has 1 amide bonds. The van der Waals surface area contributed by atoms with E-state index in [9.17, 15) is 4.79 Å². The molecule has 1 aliphatic heterocycles. The van der Waals surface area contributed by atoms with Crippen LogP contribution < -0.4 is 10.2 Å². The van der Waals surface area contributed by atoms with Gasteiger partial charge in [0.05, 0.1) is 11.9 Å². The number of carbonyl (C=O) groups excluding carboxylic acids is 1. The zero-order valence-electron chi connectivity index (χ0n) is 17.2. The average Bonchev–Trinajstić information content (AvgIpc) is 3.28. The Bertz CT molecular complexity index is 1200. The van der Waals surface area contributed by atoms with Crippen LogP contribution in [0.5, 0.6) is 0 Å². The summed E-state index contributed by atoms with van der Waals surface area (Å²) in [6.45, 7) is 2.44. The average molecular weight is 412 g/mol. The molecule has 31 heavy (non-hydrogen) atoms. The van der Waals surface area contributed by atoms with Crippen molar-refractivity contribution in [3.8, 4) is 11.3 Å². The summed E-state index contributed by atoms with van der Waals surface area (Å²) in [7, 11) is 0. The van der Waals surface area contributed by atoms with Crippen molar-refractivity contribution in [1.29, 1.82) is 0 Å². The van der Waals surface area contributed by atoms with Crippen molar-refractivity contribution < 1.29 is 4.79 Å². The first-order valence-electron chi connectivity index (χ1n) is 10.7. The minimum absolute atomic E-state index is 0.193. The van der Waals surface area contributed by atoms with Gasteiger partial charge in [0, 0.05) is 43.2 Å². The number of amides is 1. The van der Waals surface area contributed by atoms with E-state index in [4.69, 9.17) is 0 Å². The van der Waals surface area contributed by atoms with Gasteiger partial charge in [0.2, 0.25) is 0 Å². The van der Waals surface area contributed by atoms with Crippen LogP contribution in [-0.4, -0.2) is 38.6 Å². The summed E-state index contributed by atoms with van der Waals surface area (Å²) >= 11 is 0. The minimum Gasteiger partial charge on any atom is -0.356 e. The highest BCUT2D eigenvalue weighted by Crippen LogP contribution is 2.23. The predicted octanol–water partition coefficient (Wildman–Crippen LogP) is 3.71. The van der Waals surface area contributed by atoms with Gasteiger partial charge in [-0.3, -0.25) is 4.79 Å². The number of hydrogen-bond donors (Lipinski definition) is 1. The van der Waals surface area contributed by atoms with Crippen molar-refractivity contribution in [2.45, 2.75) is 25.8 Å². The molecule has 4 heterocycles. The van der Waals surface area contributed by atoms with Gasteiger partial charge >= 0.3 is 0 Å². The fraction of sp³-hybridized carbons (Fsp3) is 0.250. The summed E-state index contributed by atoms with van der Waals surface area (Å²) in [5, 5.41) is 7.47. The Labute approximate surface area is 180 Å². The van der Waals surface area contributed by atoms with Crippen LogP contribution in [-0.2, 0) is 6.54 Å². The maximum atomic E-state index is 13.0. The maximum Gasteiger partial charge on any atom is 0.257 e. The molecule has 0 aliphatic carbocycles. The van der Waals surface area contributed by atoms with E-state index in [2.05, 4.69) is 25.3 Å². The van der Waals surface area contributed by atoms with E-state index in [-0.39, 0.29) is 5.91 Å². The smallest absolute Gasteiger partial charge is 0.257 e. The fourth-order valence-corrected chi connectivity index (χ4v) is 4.11. The Kier molecular flexibility index (Phi) is 5.31. The van der Waals surface area contributed by atoms with Crippen molar-refractivity contribution in [1.82, 2.24) is 24.9 Å². The Balaban J connectivity index is 1.38. The lowest BCUT2D eigenvalue weighted by atomic mass is 10.1. The quantitative estimate of drug-likeness (QED) is 0.541. The van der Waals surface area contributed by atoms with Gasteiger partial charge in [0.1, 0.15) is 11.4 Å². The molecule has 0 saturated carbocycles. The van der Waals surface area contributed by atoms with Crippen molar-refractivity contribution in [3.05, 3.63) is 78.2 Å². The highest BCUT2D eigenvalue weighted by Gasteiger charge is 2.18. The lowest BCUT2D eigenvalue weighted by molar-refractivity contribution is 0.0952. The molecule has 1 aromatic carbocycles. The topological polar surface area (TPSA) is 75.4 Å². The van der Waals surface area contributed by atoms with Gasteiger partial charge in [-0.25, -0.2) is 14.5 Å². The Hall–Kier alpha value is -3.74. The summed E-state index contributed by atoms with van der Waals surface area (Å²) in [4.78, 5) is 24.3. The lowest BCUT2D eigenvalue weighted by Crippen LogP contribution is -2.32. The zero-order chi connectivity index (χ0) is 21.0. The number of piperidine rings is 1. The largest absolute Gasteiger partial charge is 0.356 e. The zero-order valence-corrected chi connectivity index (χ0v) is 17.2. The number of nitrogens with zero attached hydrogens (tertiary/aromatic N) is 5. The van der Waals surface area contributed by atoms with E-state index in [1.807, 2.05) is 54.7 Å². The van der Waals surface area contributed by atoms with Gasteiger partial charge in [0.15, 0.2) is 5.65 Å². The minimum atomic E-state index is -0.193. The maximum absolute atomic E-state index is 13.0. The number of carbonyl (C=O) groups is 1. The first-order valence-corrected chi connectivity index (χ1v) is 10.7. The number of benzene rings is 1. The molecule has 1 N–H and O–H groups in total. The van der Waals surface area contributed by atoms with Crippen LogP contribution in [0, 0.1) is 0 Å². The number of nitrogens with one attached hydrogen (secondary N) is 1. The molecule has 4 aromatic rings. The molecule has 7 nitrogen and oxygen atoms in total. The molecular weight excluding hydrogens is 388 g/mol. The van der Waals surface area contributed by atoms with Crippen LogP contribution in [0.1, 0.15) is 35.2 Å². The van der Waals surface area contributed by atoms with Crippen LogP contribution in [0.2, 0.25) is 0 Å². The van der Waals surface area contributed by atoms with Crippen LogP contribution in [0.15, 0.2) is 67.1 Å². The number of aromatic nitrogens is 4. The van der Waals surface area contributed by atoms with E-state index >= 15 is 0 Å². The van der Waals surface area contributed by atoms with Crippen molar-refractivity contribution >= 4 is 17.4 Å². The predicted molar refractivity (Wildman–Crippen MR) is 120 cm³/mol. The molecule has 0 atom stereocenters. The normalized spacial score (nSPS) is 14.0. The van der Waals surface area contributed by atoms with Crippen LogP contribution in [0.4, 0.5) is 5.82 Å². The summed E-state index contributed by atoms with van der Waals surface area (Å²) in [5.74, 6) is 0.771. The molecule has 1 aliphatic rings. The highest BCUT2D eigenvalue weighted by atomic mass is 16.1. The standard InChI is InChI=1S/C24H24N6O/c31-24(27-16-19-10-7-12-25-22(19)29-14-5-2-6-15-29)20-17-28-30-21(11-13-26-23(20)30)18-8-3-1-4-9-18/h1,3-4,7-13,17H,2,5-6,14-16H2,(H,27,31). The molecule has 0 spiro atoms. The third kappa shape index (κ3) is 3.86. The molecule has 0 unspecified atom stereocenters. The number of hydrogen-bond acceptors (Lipinski definition) is 5. The van der Waals surface area contributed by atoms with Crippen molar-refractivity contribution in [2.75, 3.05) is 18.0 Å². The van der Waals surface area contributed by atoms with E-state index < -0.39 is 0 Å². The number of anilines is 1. The van der Waals surface area contributed by atoms with Gasteiger partial charge in [-0.15, -0.1) is 0 Å². The second-order valence-electron chi connectivity index (χ2n) is 7.71. The van der Waals surface area contributed by atoms with Crippen molar-refractivity contribution in [3.63, 3.8) is 0 Å². The molecule has 1 saturated heterocycles. The van der Waals surface area contributed by atoms with Crippen LogP contribution in [0.3, 0.4) is 0 Å². The van der Waals surface area contributed by atoms with Gasteiger partial charge < -0.3 is 10.2 Å². The lowest BCUT2D eigenvalue weighted by Gasteiger charge is -2.29. The molecule has 7 heteroatoms. The van der Waals surface area contributed by atoms with E-state index in [0.717, 1.165) is 35.7 Å². The summed E-state index contributed by atoms with van der Waals surface area (Å²) < 4.78 is 1.72. The number of rotatable bonds is 5. The van der Waals surface area contributed by atoms with Crippen LogP contribution in [0.25, 0.3) is 16.9 Å². The number of pyridine rings is 1. The fourth-order valence-electron chi connectivity index (χ4n) is 4.11.